The van der Waals surface area contributed by atoms with Gasteiger partial charge in [0, 0.05) is 9.35 Å². The van der Waals surface area contributed by atoms with E-state index < -0.39 is 0 Å². The first kappa shape index (κ1) is 12.2. The number of nitrogens with two attached hydrogens (primary N) is 1. The van der Waals surface area contributed by atoms with Crippen LogP contribution in [0.5, 0.6) is 0 Å². The van der Waals surface area contributed by atoms with Crippen molar-refractivity contribution in [2.24, 2.45) is 5.73 Å². The topological polar surface area (TPSA) is 51.8 Å². The van der Waals surface area contributed by atoms with Crippen molar-refractivity contribution >= 4 is 38.8 Å². The number of halogens is 1. The van der Waals surface area contributed by atoms with Crippen LogP contribution in [0.4, 0.5) is 0 Å². The third kappa shape index (κ3) is 2.20. The fraction of sp³-hybridized carbons (Fsp3) is 0.400. The normalized spacial score (nSPS) is 13.3. The molecule has 0 saturated carbocycles. The highest BCUT2D eigenvalue weighted by Crippen LogP contribution is 2.35. The molecule has 16 heavy (non-hydrogen) atoms. The Morgan fingerprint density at radius 1 is 1.38 bits per heavy atom. The van der Waals surface area contributed by atoms with E-state index in [2.05, 4.69) is 39.4 Å². The smallest absolute Gasteiger partial charge is 0.0832 e. The number of nitrogens with zero attached hydrogens (tertiary/aromatic N) is 2. The second-order valence-electron chi connectivity index (χ2n) is 3.79. The highest BCUT2D eigenvalue weighted by Gasteiger charge is 2.21. The maximum Gasteiger partial charge on any atom is 0.0832 e. The van der Waals surface area contributed by atoms with Gasteiger partial charge in [-0.1, -0.05) is 18.3 Å². The fourth-order valence-electron chi connectivity index (χ4n) is 1.47. The lowest BCUT2D eigenvalue weighted by Crippen LogP contribution is -2.12. The van der Waals surface area contributed by atoms with Crippen LogP contribution in [-0.2, 0) is 0 Å². The lowest BCUT2D eigenvalue weighted by Gasteiger charge is -2.11. The molecule has 1 atom stereocenters. The molecule has 0 saturated heterocycles. The van der Waals surface area contributed by atoms with E-state index >= 15 is 0 Å². The standard InChI is InChI=1S/C10H12BrN3S2/c1-5(2)8-10(16-14-13-8)7(12)9-6(11)3-4-15-9/h3-5,7H,12H2,1-2H3. The zero-order chi connectivity index (χ0) is 11.7. The largest absolute Gasteiger partial charge is 0.319 e. The molecular weight excluding hydrogens is 306 g/mol. The Bertz CT molecular complexity index is 478. The second kappa shape index (κ2) is 4.91. The number of hydrogen-bond acceptors (Lipinski definition) is 5. The number of rotatable bonds is 3. The molecule has 6 heteroatoms. The van der Waals surface area contributed by atoms with Crippen molar-refractivity contribution in [3.8, 4) is 0 Å². The number of aromatic nitrogens is 2. The molecule has 0 bridgehead atoms. The summed E-state index contributed by atoms with van der Waals surface area (Å²) in [7, 11) is 0. The van der Waals surface area contributed by atoms with Crippen molar-refractivity contribution in [2.75, 3.05) is 0 Å². The van der Waals surface area contributed by atoms with Gasteiger partial charge < -0.3 is 5.73 Å². The van der Waals surface area contributed by atoms with E-state index in [1.165, 1.54) is 11.5 Å². The average molecular weight is 318 g/mol. The van der Waals surface area contributed by atoms with E-state index in [0.29, 0.717) is 5.92 Å². The predicted molar refractivity (Wildman–Crippen MR) is 72.0 cm³/mol. The summed E-state index contributed by atoms with van der Waals surface area (Å²) in [6.45, 7) is 4.22. The molecule has 0 aliphatic rings. The van der Waals surface area contributed by atoms with Crippen LogP contribution in [0.25, 0.3) is 0 Å². The van der Waals surface area contributed by atoms with Crippen molar-refractivity contribution in [3.05, 3.63) is 31.4 Å². The molecule has 2 heterocycles. The van der Waals surface area contributed by atoms with Gasteiger partial charge in [0.25, 0.3) is 0 Å². The van der Waals surface area contributed by atoms with Crippen molar-refractivity contribution in [1.82, 2.24) is 9.59 Å². The summed E-state index contributed by atoms with van der Waals surface area (Å²) in [5, 5.41) is 6.18. The Kier molecular flexibility index (Phi) is 3.73. The van der Waals surface area contributed by atoms with E-state index in [1.807, 2.05) is 11.4 Å². The Morgan fingerprint density at radius 2 is 2.12 bits per heavy atom. The molecule has 2 aromatic heterocycles. The van der Waals surface area contributed by atoms with Gasteiger partial charge in [-0.2, -0.15) is 0 Å². The highest BCUT2D eigenvalue weighted by molar-refractivity contribution is 9.10. The summed E-state index contributed by atoms with van der Waals surface area (Å²) < 4.78 is 5.07. The van der Waals surface area contributed by atoms with Gasteiger partial charge in [-0.25, -0.2) is 0 Å². The van der Waals surface area contributed by atoms with Gasteiger partial charge >= 0.3 is 0 Å². The van der Waals surface area contributed by atoms with E-state index in [-0.39, 0.29) is 6.04 Å². The average Bonchev–Trinajstić information content (AvgIpc) is 2.84. The molecule has 2 rings (SSSR count). The number of thiophene rings is 1. The minimum Gasteiger partial charge on any atom is -0.319 e. The van der Waals surface area contributed by atoms with Crippen LogP contribution in [0.2, 0.25) is 0 Å². The zero-order valence-electron chi connectivity index (χ0n) is 8.98. The van der Waals surface area contributed by atoms with Gasteiger partial charge in [0.1, 0.15) is 0 Å². The van der Waals surface area contributed by atoms with Crippen LogP contribution in [0.1, 0.15) is 41.3 Å². The van der Waals surface area contributed by atoms with Gasteiger partial charge in [-0.3, -0.25) is 0 Å². The van der Waals surface area contributed by atoms with Crippen molar-refractivity contribution in [2.45, 2.75) is 25.8 Å². The monoisotopic (exact) mass is 317 g/mol. The second-order valence-corrected chi connectivity index (χ2v) is 6.38. The minimum atomic E-state index is -0.119. The van der Waals surface area contributed by atoms with Crippen LogP contribution in [0, 0.1) is 0 Å². The Labute approximate surface area is 111 Å². The van der Waals surface area contributed by atoms with Gasteiger partial charge in [0.05, 0.1) is 16.6 Å². The molecule has 0 aliphatic heterocycles. The quantitative estimate of drug-likeness (QED) is 0.942. The van der Waals surface area contributed by atoms with Gasteiger partial charge in [-0.05, 0) is 44.8 Å². The first-order valence-corrected chi connectivity index (χ1v) is 7.36. The van der Waals surface area contributed by atoms with Gasteiger partial charge in [0.15, 0.2) is 0 Å². The Balaban J connectivity index is 2.38. The molecule has 2 aromatic rings. The Hall–Kier alpha value is -0.300. The third-order valence-electron chi connectivity index (χ3n) is 2.30. The van der Waals surface area contributed by atoms with Crippen LogP contribution in [0.15, 0.2) is 15.9 Å². The van der Waals surface area contributed by atoms with Crippen LogP contribution in [-0.4, -0.2) is 9.59 Å². The molecule has 86 valence electrons. The molecule has 0 spiro atoms. The van der Waals surface area contributed by atoms with Crippen LogP contribution in [0.3, 0.4) is 0 Å². The highest BCUT2D eigenvalue weighted by atomic mass is 79.9. The van der Waals surface area contributed by atoms with Crippen LogP contribution < -0.4 is 5.73 Å². The maximum atomic E-state index is 6.26. The van der Waals surface area contributed by atoms with Crippen molar-refractivity contribution in [3.63, 3.8) is 0 Å². The van der Waals surface area contributed by atoms with Crippen LogP contribution >= 0.6 is 38.8 Å². The maximum absolute atomic E-state index is 6.26. The van der Waals surface area contributed by atoms with Crippen molar-refractivity contribution in [1.29, 1.82) is 0 Å². The fourth-order valence-corrected chi connectivity index (χ4v) is 3.99. The Morgan fingerprint density at radius 3 is 2.69 bits per heavy atom. The first-order chi connectivity index (χ1) is 7.61. The SMILES string of the molecule is CC(C)c1nnsc1C(N)c1sccc1Br. The third-order valence-corrected chi connectivity index (χ3v) is 5.07. The molecule has 0 fully saturated rings. The van der Waals surface area contributed by atoms with Gasteiger partial charge in [-0.15, -0.1) is 16.4 Å². The summed E-state index contributed by atoms with van der Waals surface area (Å²) in [4.78, 5) is 2.20. The summed E-state index contributed by atoms with van der Waals surface area (Å²) >= 11 is 6.56. The summed E-state index contributed by atoms with van der Waals surface area (Å²) in [5.74, 6) is 0.360. The lowest BCUT2D eigenvalue weighted by atomic mass is 10.1. The molecule has 0 aromatic carbocycles. The zero-order valence-corrected chi connectivity index (χ0v) is 12.2. The first-order valence-electron chi connectivity index (χ1n) is 4.92. The molecular formula is C10H12BrN3S2. The summed E-state index contributed by atoms with van der Waals surface area (Å²) in [6.07, 6.45) is 0. The molecule has 0 aliphatic carbocycles. The van der Waals surface area contributed by atoms with E-state index in [9.17, 15) is 0 Å². The predicted octanol–water partition coefficient (Wildman–Crippen LogP) is 3.53. The molecule has 2 N–H and O–H groups in total. The van der Waals surface area contributed by atoms with E-state index in [1.54, 1.807) is 11.3 Å². The number of hydrogen-bond donors (Lipinski definition) is 1. The summed E-state index contributed by atoms with van der Waals surface area (Å²) in [5.41, 5.74) is 7.27. The molecule has 3 nitrogen and oxygen atoms in total. The van der Waals surface area contributed by atoms with Gasteiger partial charge in [0.2, 0.25) is 0 Å². The van der Waals surface area contributed by atoms with E-state index in [4.69, 9.17) is 5.73 Å². The van der Waals surface area contributed by atoms with E-state index in [0.717, 1.165) is 19.9 Å². The molecule has 0 radical (unpaired) electrons. The lowest BCUT2D eigenvalue weighted by molar-refractivity contribution is 0.774. The summed E-state index contributed by atoms with van der Waals surface area (Å²) in [6, 6.07) is 1.90. The molecule has 1 unspecified atom stereocenters. The minimum absolute atomic E-state index is 0.119. The molecule has 0 amide bonds. The van der Waals surface area contributed by atoms with Crippen molar-refractivity contribution < 1.29 is 0 Å².